The minimum atomic E-state index is -0.481. The maximum Gasteiger partial charge on any atom is 0.238 e. The first-order valence-corrected chi connectivity index (χ1v) is 8.52. The minimum Gasteiger partial charge on any atom is -0.495 e. The third-order valence-electron chi connectivity index (χ3n) is 3.51. The van der Waals surface area contributed by atoms with Gasteiger partial charge in [0, 0.05) is 16.3 Å². The number of halogens is 1. The third-order valence-corrected chi connectivity index (χ3v) is 5.02. The van der Waals surface area contributed by atoms with Gasteiger partial charge in [0.05, 0.1) is 23.7 Å². The van der Waals surface area contributed by atoms with Crippen molar-refractivity contribution in [2.24, 2.45) is 0 Å². The molecule has 0 saturated carbocycles. The van der Waals surface area contributed by atoms with E-state index in [1.54, 1.807) is 18.2 Å². The second-order valence-electron chi connectivity index (χ2n) is 5.19. The first kappa shape index (κ1) is 16.7. The van der Waals surface area contributed by atoms with Crippen LogP contribution in [0.1, 0.15) is 6.42 Å². The quantitative estimate of drug-likeness (QED) is 0.868. The van der Waals surface area contributed by atoms with Crippen molar-refractivity contribution < 1.29 is 14.3 Å². The number of amides is 2. The second-order valence-corrected chi connectivity index (χ2v) is 6.87. The molecule has 2 aromatic carbocycles. The molecule has 0 unspecified atom stereocenters. The Morgan fingerprint density at radius 2 is 2.12 bits per heavy atom. The Kier molecular flexibility index (Phi) is 4.97. The predicted molar refractivity (Wildman–Crippen MR) is 96.0 cm³/mol. The number of ether oxygens (including phenoxy) is 1. The number of methoxy groups -OCH3 is 1. The van der Waals surface area contributed by atoms with Gasteiger partial charge in [-0.2, -0.15) is 0 Å². The Morgan fingerprint density at radius 1 is 1.33 bits per heavy atom. The van der Waals surface area contributed by atoms with Crippen LogP contribution in [0.25, 0.3) is 0 Å². The number of benzene rings is 2. The number of anilines is 2. The molecule has 1 aliphatic heterocycles. The van der Waals surface area contributed by atoms with E-state index in [1.807, 2.05) is 24.3 Å². The number of hydrogen-bond donors (Lipinski definition) is 2. The number of para-hydroxylation sites is 1. The van der Waals surface area contributed by atoms with E-state index < -0.39 is 5.25 Å². The standard InChI is InChI=1S/C17H15ClN2O3S/c1-23-13-7-6-10(18)8-12(13)19-16(21)9-15-17(22)20-11-4-2-3-5-14(11)24-15/h2-8,15H,9H2,1H3,(H,19,21)(H,20,22)/t15-/m1/s1. The molecule has 0 radical (unpaired) electrons. The van der Waals surface area contributed by atoms with Gasteiger partial charge in [-0.1, -0.05) is 23.7 Å². The maximum atomic E-state index is 12.3. The number of carbonyl (C=O) groups is 2. The molecule has 0 spiro atoms. The highest BCUT2D eigenvalue weighted by molar-refractivity contribution is 8.01. The summed E-state index contributed by atoms with van der Waals surface area (Å²) < 4.78 is 5.20. The topological polar surface area (TPSA) is 67.4 Å². The van der Waals surface area contributed by atoms with Crippen LogP contribution in [-0.2, 0) is 9.59 Å². The van der Waals surface area contributed by atoms with Gasteiger partial charge in [-0.05, 0) is 30.3 Å². The molecule has 3 rings (SSSR count). The Labute approximate surface area is 148 Å². The van der Waals surface area contributed by atoms with Crippen molar-refractivity contribution in [3.8, 4) is 5.75 Å². The minimum absolute atomic E-state index is 0.0561. The molecule has 124 valence electrons. The molecule has 0 bridgehead atoms. The van der Waals surface area contributed by atoms with Gasteiger partial charge in [-0.15, -0.1) is 11.8 Å². The molecule has 0 fully saturated rings. The maximum absolute atomic E-state index is 12.3. The average molecular weight is 363 g/mol. The molecule has 2 amide bonds. The van der Waals surface area contributed by atoms with Gasteiger partial charge < -0.3 is 15.4 Å². The summed E-state index contributed by atoms with van der Waals surface area (Å²) in [6.45, 7) is 0. The average Bonchev–Trinajstić information content (AvgIpc) is 2.55. The van der Waals surface area contributed by atoms with E-state index >= 15 is 0 Å². The highest BCUT2D eigenvalue weighted by Crippen LogP contribution is 2.37. The normalized spacial score (nSPS) is 16.1. The summed E-state index contributed by atoms with van der Waals surface area (Å²) >= 11 is 7.34. The van der Waals surface area contributed by atoms with E-state index in [9.17, 15) is 9.59 Å². The van der Waals surface area contributed by atoms with Gasteiger partial charge in [0.25, 0.3) is 0 Å². The van der Waals surface area contributed by atoms with Gasteiger partial charge in [0.1, 0.15) is 5.75 Å². The molecule has 5 nitrogen and oxygen atoms in total. The third kappa shape index (κ3) is 3.66. The number of thioether (sulfide) groups is 1. The molecular weight excluding hydrogens is 348 g/mol. The SMILES string of the molecule is COc1ccc(Cl)cc1NC(=O)C[C@H]1Sc2ccccc2NC1=O. The molecule has 0 aromatic heterocycles. The van der Waals surface area contributed by atoms with Gasteiger partial charge in [-0.3, -0.25) is 9.59 Å². The first-order valence-electron chi connectivity index (χ1n) is 7.27. The Balaban J connectivity index is 1.70. The van der Waals surface area contributed by atoms with Crippen molar-refractivity contribution in [3.63, 3.8) is 0 Å². The molecule has 0 saturated heterocycles. The van der Waals surface area contributed by atoms with E-state index in [1.165, 1.54) is 18.9 Å². The fourth-order valence-corrected chi connectivity index (χ4v) is 3.66. The van der Waals surface area contributed by atoms with Gasteiger partial charge in [0.2, 0.25) is 11.8 Å². The van der Waals surface area contributed by atoms with E-state index in [2.05, 4.69) is 10.6 Å². The fourth-order valence-electron chi connectivity index (χ4n) is 2.37. The van der Waals surface area contributed by atoms with Gasteiger partial charge in [-0.25, -0.2) is 0 Å². The lowest BCUT2D eigenvalue weighted by atomic mass is 10.2. The Hall–Kier alpha value is -2.18. The lowest BCUT2D eigenvalue weighted by Crippen LogP contribution is -2.32. The largest absolute Gasteiger partial charge is 0.495 e. The smallest absolute Gasteiger partial charge is 0.238 e. The van der Waals surface area contributed by atoms with Crippen molar-refractivity contribution in [2.75, 3.05) is 17.7 Å². The molecular formula is C17H15ClN2O3S. The first-order chi connectivity index (χ1) is 11.6. The molecule has 1 aliphatic rings. The molecule has 7 heteroatoms. The second kappa shape index (κ2) is 7.15. The van der Waals surface area contributed by atoms with Crippen molar-refractivity contribution in [1.82, 2.24) is 0 Å². The van der Waals surface area contributed by atoms with Crippen LogP contribution in [0, 0.1) is 0 Å². The molecule has 2 N–H and O–H groups in total. The number of rotatable bonds is 4. The van der Waals surface area contributed by atoms with Crippen LogP contribution in [0.15, 0.2) is 47.4 Å². The zero-order chi connectivity index (χ0) is 17.1. The zero-order valence-electron chi connectivity index (χ0n) is 12.8. The number of carbonyl (C=O) groups excluding carboxylic acids is 2. The van der Waals surface area contributed by atoms with Crippen LogP contribution in [0.4, 0.5) is 11.4 Å². The highest BCUT2D eigenvalue weighted by atomic mass is 35.5. The van der Waals surface area contributed by atoms with Gasteiger partial charge in [0.15, 0.2) is 0 Å². The van der Waals surface area contributed by atoms with Crippen LogP contribution in [0.2, 0.25) is 5.02 Å². The number of nitrogens with one attached hydrogen (secondary N) is 2. The summed E-state index contributed by atoms with van der Waals surface area (Å²) in [6, 6.07) is 12.5. The van der Waals surface area contributed by atoms with E-state index in [0.29, 0.717) is 16.5 Å². The predicted octanol–water partition coefficient (Wildman–Crippen LogP) is 3.79. The summed E-state index contributed by atoms with van der Waals surface area (Å²) in [5.41, 5.74) is 1.26. The fraction of sp³-hybridized carbons (Fsp3) is 0.176. The lowest BCUT2D eigenvalue weighted by molar-refractivity contribution is -0.120. The van der Waals surface area contributed by atoms with Gasteiger partial charge >= 0.3 is 0 Å². The van der Waals surface area contributed by atoms with Crippen LogP contribution >= 0.6 is 23.4 Å². The van der Waals surface area contributed by atoms with E-state index in [-0.39, 0.29) is 18.2 Å². The molecule has 24 heavy (non-hydrogen) atoms. The molecule has 1 atom stereocenters. The Morgan fingerprint density at radius 3 is 2.92 bits per heavy atom. The van der Waals surface area contributed by atoms with Crippen LogP contribution in [0.3, 0.4) is 0 Å². The monoisotopic (exact) mass is 362 g/mol. The molecule has 1 heterocycles. The van der Waals surface area contributed by atoms with Crippen LogP contribution < -0.4 is 15.4 Å². The van der Waals surface area contributed by atoms with Crippen LogP contribution in [0.5, 0.6) is 5.75 Å². The van der Waals surface area contributed by atoms with E-state index in [0.717, 1.165) is 10.6 Å². The number of fused-ring (bicyclic) bond motifs is 1. The summed E-state index contributed by atoms with van der Waals surface area (Å²) in [7, 11) is 1.51. The van der Waals surface area contributed by atoms with Crippen LogP contribution in [-0.4, -0.2) is 24.2 Å². The molecule has 0 aliphatic carbocycles. The summed E-state index contributed by atoms with van der Waals surface area (Å²) in [4.78, 5) is 25.4. The van der Waals surface area contributed by atoms with Crippen molar-refractivity contribution in [1.29, 1.82) is 0 Å². The Bertz CT molecular complexity index is 797. The lowest BCUT2D eigenvalue weighted by Gasteiger charge is -2.23. The zero-order valence-corrected chi connectivity index (χ0v) is 14.4. The number of hydrogen-bond acceptors (Lipinski definition) is 4. The van der Waals surface area contributed by atoms with E-state index in [4.69, 9.17) is 16.3 Å². The van der Waals surface area contributed by atoms with Crippen molar-refractivity contribution >= 4 is 46.6 Å². The van der Waals surface area contributed by atoms with Crippen molar-refractivity contribution in [3.05, 3.63) is 47.5 Å². The highest BCUT2D eigenvalue weighted by Gasteiger charge is 2.29. The molecule has 2 aromatic rings. The summed E-state index contributed by atoms with van der Waals surface area (Å²) in [6.07, 6.45) is 0.0561. The van der Waals surface area contributed by atoms with Crippen molar-refractivity contribution in [2.45, 2.75) is 16.6 Å². The summed E-state index contributed by atoms with van der Waals surface area (Å²) in [5.74, 6) is 0.0633. The summed E-state index contributed by atoms with van der Waals surface area (Å²) in [5, 5.41) is 5.59.